The number of aromatic nitrogens is 3. The van der Waals surface area contributed by atoms with Gasteiger partial charge in [0, 0.05) is 31.0 Å². The molecule has 26 heavy (non-hydrogen) atoms. The molecule has 2 N–H and O–H groups in total. The van der Waals surface area contributed by atoms with E-state index in [1.165, 1.54) is 0 Å². The Bertz CT molecular complexity index is 1040. The Balaban J connectivity index is 1.99. The van der Waals surface area contributed by atoms with E-state index in [0.717, 1.165) is 22.3 Å². The van der Waals surface area contributed by atoms with Crippen molar-refractivity contribution in [3.05, 3.63) is 52.3 Å². The van der Waals surface area contributed by atoms with Gasteiger partial charge in [0.25, 0.3) is 11.8 Å². The second-order valence-corrected chi connectivity index (χ2v) is 6.28. The van der Waals surface area contributed by atoms with Crippen LogP contribution in [0.25, 0.3) is 11.0 Å². The van der Waals surface area contributed by atoms with Crippen molar-refractivity contribution in [2.24, 2.45) is 7.05 Å². The molecule has 0 atom stereocenters. The van der Waals surface area contributed by atoms with Gasteiger partial charge in [0.2, 0.25) is 0 Å². The number of carbonyl (C=O) groups excluding carboxylic acids is 2. The van der Waals surface area contributed by atoms with Crippen LogP contribution in [-0.2, 0) is 7.05 Å². The highest BCUT2D eigenvalue weighted by Crippen LogP contribution is 2.24. The van der Waals surface area contributed by atoms with E-state index in [-0.39, 0.29) is 11.8 Å². The molecule has 0 saturated carbocycles. The van der Waals surface area contributed by atoms with Crippen LogP contribution in [0.5, 0.6) is 0 Å². The number of carbonyl (C=O) groups is 2. The van der Waals surface area contributed by atoms with E-state index in [2.05, 4.69) is 20.7 Å². The molecule has 3 rings (SSSR count). The Morgan fingerprint density at radius 2 is 1.81 bits per heavy atom. The third kappa shape index (κ3) is 3.03. The van der Waals surface area contributed by atoms with Crippen molar-refractivity contribution >= 4 is 28.5 Å². The minimum atomic E-state index is -0.229. The van der Waals surface area contributed by atoms with Gasteiger partial charge in [0.1, 0.15) is 0 Å². The molecule has 0 fully saturated rings. The van der Waals surface area contributed by atoms with E-state index < -0.39 is 0 Å². The topological polar surface area (TPSA) is 88.9 Å². The number of aryl methyl sites for hydroxylation is 4. The van der Waals surface area contributed by atoms with Gasteiger partial charge < -0.3 is 10.6 Å². The minimum Gasteiger partial charge on any atom is -0.355 e. The fourth-order valence-electron chi connectivity index (χ4n) is 3.03. The average molecular weight is 351 g/mol. The van der Waals surface area contributed by atoms with Crippen LogP contribution >= 0.6 is 0 Å². The maximum absolute atomic E-state index is 12.9. The molecular weight excluding hydrogens is 330 g/mol. The van der Waals surface area contributed by atoms with Crippen molar-refractivity contribution in [1.29, 1.82) is 0 Å². The van der Waals surface area contributed by atoms with Crippen LogP contribution in [-0.4, -0.2) is 33.6 Å². The lowest BCUT2D eigenvalue weighted by Gasteiger charge is -2.11. The maximum atomic E-state index is 12.9. The van der Waals surface area contributed by atoms with Crippen LogP contribution in [0.4, 0.5) is 5.69 Å². The summed E-state index contributed by atoms with van der Waals surface area (Å²) in [4.78, 5) is 29.1. The van der Waals surface area contributed by atoms with Crippen LogP contribution in [0.2, 0.25) is 0 Å². The number of nitrogens with one attached hydrogen (secondary N) is 2. The minimum absolute atomic E-state index is 0.163. The van der Waals surface area contributed by atoms with E-state index in [0.29, 0.717) is 22.5 Å². The van der Waals surface area contributed by atoms with Gasteiger partial charge in [0.05, 0.1) is 16.6 Å². The molecule has 0 aliphatic carbocycles. The highest BCUT2D eigenvalue weighted by molar-refractivity contribution is 6.13. The number of hydrogen-bond donors (Lipinski definition) is 2. The van der Waals surface area contributed by atoms with E-state index >= 15 is 0 Å². The van der Waals surface area contributed by atoms with Gasteiger partial charge in [-0.25, -0.2) is 4.98 Å². The molecule has 2 heterocycles. The molecule has 3 aromatic rings. The summed E-state index contributed by atoms with van der Waals surface area (Å²) >= 11 is 0. The lowest BCUT2D eigenvalue weighted by molar-refractivity contribution is 0.0962. The largest absolute Gasteiger partial charge is 0.355 e. The molecular formula is C19H21N5O2. The Morgan fingerprint density at radius 1 is 1.08 bits per heavy atom. The van der Waals surface area contributed by atoms with Gasteiger partial charge in [-0.1, -0.05) is 0 Å². The molecule has 7 heteroatoms. The first-order chi connectivity index (χ1) is 12.3. The number of amides is 2. The van der Waals surface area contributed by atoms with Gasteiger partial charge in [-0.15, -0.1) is 0 Å². The van der Waals surface area contributed by atoms with Crippen LogP contribution in [0.3, 0.4) is 0 Å². The Hall–Kier alpha value is -3.22. The molecule has 0 unspecified atom stereocenters. The molecule has 0 radical (unpaired) electrons. The van der Waals surface area contributed by atoms with E-state index in [1.54, 1.807) is 36.0 Å². The summed E-state index contributed by atoms with van der Waals surface area (Å²) in [7, 11) is 3.39. The number of anilines is 1. The average Bonchev–Trinajstić information content (AvgIpc) is 2.89. The highest BCUT2D eigenvalue weighted by Gasteiger charge is 2.18. The molecule has 134 valence electrons. The lowest BCUT2D eigenvalue weighted by Crippen LogP contribution is -2.18. The summed E-state index contributed by atoms with van der Waals surface area (Å²) in [6, 6.07) is 6.93. The number of rotatable bonds is 3. The summed E-state index contributed by atoms with van der Waals surface area (Å²) < 4.78 is 1.68. The fraction of sp³-hybridized carbons (Fsp3) is 0.263. The molecule has 7 nitrogen and oxygen atoms in total. The molecule has 1 aromatic carbocycles. The zero-order chi connectivity index (χ0) is 19.0. The quantitative estimate of drug-likeness (QED) is 0.759. The van der Waals surface area contributed by atoms with Gasteiger partial charge in [-0.2, -0.15) is 5.10 Å². The Kier molecular flexibility index (Phi) is 4.46. The monoisotopic (exact) mass is 351 g/mol. The molecule has 0 aliphatic heterocycles. The van der Waals surface area contributed by atoms with Crippen molar-refractivity contribution < 1.29 is 9.59 Å². The number of nitrogens with zero attached hydrogens (tertiary/aromatic N) is 3. The predicted octanol–water partition coefficient (Wildman–Crippen LogP) is 2.51. The van der Waals surface area contributed by atoms with Gasteiger partial charge in [0.15, 0.2) is 5.65 Å². The Labute approximate surface area is 151 Å². The Morgan fingerprint density at radius 3 is 2.46 bits per heavy atom. The van der Waals surface area contributed by atoms with Crippen LogP contribution < -0.4 is 10.6 Å². The van der Waals surface area contributed by atoms with Gasteiger partial charge >= 0.3 is 0 Å². The van der Waals surface area contributed by atoms with Crippen molar-refractivity contribution in [3.8, 4) is 0 Å². The van der Waals surface area contributed by atoms with Crippen LogP contribution in [0.15, 0.2) is 24.3 Å². The molecule has 0 saturated heterocycles. The smallest absolute Gasteiger partial charge is 0.256 e. The van der Waals surface area contributed by atoms with Crippen molar-refractivity contribution in [3.63, 3.8) is 0 Å². The van der Waals surface area contributed by atoms with E-state index in [4.69, 9.17) is 0 Å². The number of pyridine rings is 1. The van der Waals surface area contributed by atoms with E-state index in [1.807, 2.05) is 27.8 Å². The van der Waals surface area contributed by atoms with Gasteiger partial charge in [-0.05, 0) is 50.6 Å². The van der Waals surface area contributed by atoms with Gasteiger partial charge in [-0.3, -0.25) is 14.3 Å². The molecule has 2 amide bonds. The second kappa shape index (κ2) is 6.59. The maximum Gasteiger partial charge on any atom is 0.256 e. The van der Waals surface area contributed by atoms with E-state index in [9.17, 15) is 9.59 Å². The van der Waals surface area contributed by atoms with Crippen molar-refractivity contribution in [2.45, 2.75) is 20.8 Å². The summed E-state index contributed by atoms with van der Waals surface area (Å²) in [6.45, 7) is 5.56. The SMILES string of the molecule is CNC(=O)c1ccc(NC(=O)c2cc(C)nc3c2c(C)nn3C)c(C)c1. The van der Waals surface area contributed by atoms with Crippen LogP contribution in [0, 0.1) is 20.8 Å². The fourth-order valence-corrected chi connectivity index (χ4v) is 3.03. The number of hydrogen-bond acceptors (Lipinski definition) is 4. The first-order valence-electron chi connectivity index (χ1n) is 8.27. The highest BCUT2D eigenvalue weighted by atomic mass is 16.2. The van der Waals surface area contributed by atoms with Crippen molar-refractivity contribution in [1.82, 2.24) is 20.1 Å². The molecule has 2 aromatic heterocycles. The first kappa shape index (κ1) is 17.6. The normalized spacial score (nSPS) is 10.8. The van der Waals surface area contributed by atoms with Crippen molar-refractivity contribution in [2.75, 3.05) is 12.4 Å². The summed E-state index contributed by atoms with van der Waals surface area (Å²) in [5, 5.41) is 10.6. The molecule has 0 bridgehead atoms. The summed E-state index contributed by atoms with van der Waals surface area (Å²) in [5.74, 6) is -0.393. The second-order valence-electron chi connectivity index (χ2n) is 6.28. The lowest BCUT2D eigenvalue weighted by atomic mass is 10.1. The predicted molar refractivity (Wildman–Crippen MR) is 101 cm³/mol. The van der Waals surface area contributed by atoms with Crippen LogP contribution in [0.1, 0.15) is 37.7 Å². The summed E-state index contributed by atoms with van der Waals surface area (Å²) in [5.41, 5.74) is 4.74. The molecule has 0 spiro atoms. The standard InChI is InChI=1S/C19H21N5O2/c1-10-8-13(18(25)20-4)6-7-15(10)22-19(26)14-9-11(2)21-17-16(14)12(3)23-24(17)5/h6-9H,1-5H3,(H,20,25)(H,22,26). The molecule has 0 aliphatic rings. The summed E-state index contributed by atoms with van der Waals surface area (Å²) in [6.07, 6.45) is 0. The first-order valence-corrected chi connectivity index (χ1v) is 8.27. The zero-order valence-corrected chi connectivity index (χ0v) is 15.5. The third-order valence-electron chi connectivity index (χ3n) is 4.31. The third-order valence-corrected chi connectivity index (χ3v) is 4.31. The number of benzene rings is 1. The zero-order valence-electron chi connectivity index (χ0n) is 15.5. The number of fused-ring (bicyclic) bond motifs is 1.